The molecule has 1 saturated heterocycles. The van der Waals surface area contributed by atoms with Crippen molar-refractivity contribution in [3.05, 3.63) is 34.9 Å². The van der Waals surface area contributed by atoms with Gasteiger partial charge in [0.2, 0.25) is 5.91 Å². The number of hydrogen-bond acceptors (Lipinski definition) is 2. The number of likely N-dealkylation sites (tertiary alicyclic amines) is 1. The maximum atomic E-state index is 12.5. The van der Waals surface area contributed by atoms with E-state index < -0.39 is 0 Å². The molecule has 0 aliphatic carbocycles. The van der Waals surface area contributed by atoms with Gasteiger partial charge in [0.1, 0.15) is 0 Å². The number of rotatable bonds is 3. The van der Waals surface area contributed by atoms with E-state index in [1.165, 1.54) is 11.1 Å². The quantitative estimate of drug-likeness (QED) is 0.919. The Labute approximate surface area is 122 Å². The first-order valence-corrected chi connectivity index (χ1v) is 7.55. The number of amides is 1. The predicted octanol–water partition coefficient (Wildman–Crippen LogP) is 2.29. The van der Waals surface area contributed by atoms with E-state index in [1.54, 1.807) is 0 Å². The van der Waals surface area contributed by atoms with Crippen molar-refractivity contribution in [3.8, 4) is 0 Å². The fraction of sp³-hybridized carbons (Fsp3) is 0.588. The van der Waals surface area contributed by atoms with E-state index in [4.69, 9.17) is 5.73 Å². The van der Waals surface area contributed by atoms with Crippen LogP contribution in [-0.2, 0) is 11.2 Å². The largest absolute Gasteiger partial charge is 0.342 e. The van der Waals surface area contributed by atoms with E-state index in [9.17, 15) is 4.79 Å². The summed E-state index contributed by atoms with van der Waals surface area (Å²) in [6, 6.07) is 6.31. The SMILES string of the molecule is Cc1ccc(C)c(CC(=O)N2CCC(C)C(CN)C2)c1. The first kappa shape index (κ1) is 15.0. The van der Waals surface area contributed by atoms with Crippen LogP contribution in [0.2, 0.25) is 0 Å². The maximum absolute atomic E-state index is 12.5. The molecule has 1 heterocycles. The van der Waals surface area contributed by atoms with Gasteiger partial charge in [-0.25, -0.2) is 0 Å². The average molecular weight is 274 g/mol. The predicted molar refractivity (Wildman–Crippen MR) is 82.5 cm³/mol. The van der Waals surface area contributed by atoms with Gasteiger partial charge in [-0.15, -0.1) is 0 Å². The Bertz CT molecular complexity index is 484. The zero-order chi connectivity index (χ0) is 14.7. The molecule has 2 N–H and O–H groups in total. The number of benzene rings is 1. The third-order valence-corrected chi connectivity index (χ3v) is 4.62. The molecule has 1 fully saturated rings. The molecule has 1 aromatic rings. The van der Waals surface area contributed by atoms with Gasteiger partial charge in [-0.1, -0.05) is 30.7 Å². The summed E-state index contributed by atoms with van der Waals surface area (Å²) in [6.07, 6.45) is 1.58. The summed E-state index contributed by atoms with van der Waals surface area (Å²) in [6.45, 7) is 8.75. The highest BCUT2D eigenvalue weighted by atomic mass is 16.2. The van der Waals surface area contributed by atoms with Crippen LogP contribution in [0.25, 0.3) is 0 Å². The first-order valence-electron chi connectivity index (χ1n) is 7.55. The zero-order valence-electron chi connectivity index (χ0n) is 12.9. The van der Waals surface area contributed by atoms with E-state index in [-0.39, 0.29) is 5.91 Å². The van der Waals surface area contributed by atoms with E-state index in [2.05, 4.69) is 39.0 Å². The van der Waals surface area contributed by atoms with Crippen LogP contribution in [0.3, 0.4) is 0 Å². The summed E-state index contributed by atoms with van der Waals surface area (Å²) in [5.74, 6) is 1.32. The number of nitrogens with two attached hydrogens (primary N) is 1. The normalized spacial score (nSPS) is 22.9. The van der Waals surface area contributed by atoms with Gasteiger partial charge in [0.25, 0.3) is 0 Å². The molecule has 1 aromatic carbocycles. The summed E-state index contributed by atoms with van der Waals surface area (Å²) in [7, 11) is 0. The molecule has 3 nitrogen and oxygen atoms in total. The Kier molecular flexibility index (Phi) is 4.81. The first-order chi connectivity index (χ1) is 9.51. The monoisotopic (exact) mass is 274 g/mol. The zero-order valence-corrected chi connectivity index (χ0v) is 12.9. The van der Waals surface area contributed by atoms with Crippen molar-refractivity contribution in [2.75, 3.05) is 19.6 Å². The van der Waals surface area contributed by atoms with Crippen LogP contribution in [-0.4, -0.2) is 30.4 Å². The maximum Gasteiger partial charge on any atom is 0.227 e. The van der Waals surface area contributed by atoms with E-state index >= 15 is 0 Å². The van der Waals surface area contributed by atoms with Crippen molar-refractivity contribution in [2.24, 2.45) is 17.6 Å². The minimum absolute atomic E-state index is 0.240. The Morgan fingerprint density at radius 3 is 2.85 bits per heavy atom. The summed E-state index contributed by atoms with van der Waals surface area (Å²) >= 11 is 0. The molecule has 0 radical (unpaired) electrons. The van der Waals surface area contributed by atoms with E-state index in [0.29, 0.717) is 24.8 Å². The van der Waals surface area contributed by atoms with Crippen LogP contribution in [0, 0.1) is 25.7 Å². The molecule has 2 unspecified atom stereocenters. The molecule has 2 atom stereocenters. The van der Waals surface area contributed by atoms with Crippen LogP contribution < -0.4 is 5.73 Å². The van der Waals surface area contributed by atoms with Crippen LogP contribution in [0.15, 0.2) is 18.2 Å². The second-order valence-corrected chi connectivity index (χ2v) is 6.21. The summed E-state index contributed by atoms with van der Waals surface area (Å²) < 4.78 is 0. The third kappa shape index (κ3) is 3.40. The molecule has 0 aromatic heterocycles. The highest BCUT2D eigenvalue weighted by molar-refractivity contribution is 5.79. The average Bonchev–Trinajstić information content (AvgIpc) is 2.43. The van der Waals surface area contributed by atoms with Crippen LogP contribution in [0.4, 0.5) is 0 Å². The standard InChI is InChI=1S/C17H26N2O/c1-12-4-5-13(2)15(8-12)9-17(20)19-7-6-14(3)16(10-18)11-19/h4-5,8,14,16H,6-7,9-11,18H2,1-3H3. The number of piperidine rings is 1. The second kappa shape index (κ2) is 6.40. The van der Waals surface area contributed by atoms with Gasteiger partial charge in [-0.2, -0.15) is 0 Å². The number of nitrogens with zero attached hydrogens (tertiary/aromatic N) is 1. The highest BCUT2D eigenvalue weighted by Gasteiger charge is 2.27. The minimum Gasteiger partial charge on any atom is -0.342 e. The van der Waals surface area contributed by atoms with Gasteiger partial charge in [0.15, 0.2) is 0 Å². The lowest BCUT2D eigenvalue weighted by Gasteiger charge is -2.36. The van der Waals surface area contributed by atoms with E-state index in [0.717, 1.165) is 25.1 Å². The Morgan fingerprint density at radius 1 is 1.40 bits per heavy atom. The summed E-state index contributed by atoms with van der Waals surface area (Å²) in [5, 5.41) is 0. The molecule has 0 spiro atoms. The van der Waals surface area contributed by atoms with Gasteiger partial charge in [-0.05, 0) is 49.8 Å². The molecule has 110 valence electrons. The molecule has 1 aliphatic heterocycles. The van der Waals surface area contributed by atoms with Crippen molar-refractivity contribution in [1.82, 2.24) is 4.90 Å². The summed E-state index contributed by atoms with van der Waals surface area (Å²) in [5.41, 5.74) is 9.38. The summed E-state index contributed by atoms with van der Waals surface area (Å²) in [4.78, 5) is 14.5. The van der Waals surface area contributed by atoms with Gasteiger partial charge in [0, 0.05) is 13.1 Å². The third-order valence-electron chi connectivity index (χ3n) is 4.62. The molecule has 1 amide bonds. The lowest BCUT2D eigenvalue weighted by molar-refractivity contribution is -0.132. The van der Waals surface area contributed by atoms with Crippen LogP contribution in [0.5, 0.6) is 0 Å². The molecule has 1 aliphatic rings. The topological polar surface area (TPSA) is 46.3 Å². The van der Waals surface area contributed by atoms with Crippen molar-refractivity contribution in [3.63, 3.8) is 0 Å². The van der Waals surface area contributed by atoms with Gasteiger partial charge in [-0.3, -0.25) is 4.79 Å². The van der Waals surface area contributed by atoms with Gasteiger partial charge >= 0.3 is 0 Å². The lowest BCUT2D eigenvalue weighted by atomic mass is 9.87. The van der Waals surface area contributed by atoms with Crippen molar-refractivity contribution < 1.29 is 4.79 Å². The highest BCUT2D eigenvalue weighted by Crippen LogP contribution is 2.23. The van der Waals surface area contributed by atoms with Crippen molar-refractivity contribution >= 4 is 5.91 Å². The fourth-order valence-corrected chi connectivity index (χ4v) is 2.95. The second-order valence-electron chi connectivity index (χ2n) is 6.21. The van der Waals surface area contributed by atoms with Crippen LogP contribution in [0.1, 0.15) is 30.0 Å². The molecular formula is C17H26N2O. The number of aryl methyl sites for hydroxylation is 2. The van der Waals surface area contributed by atoms with Crippen LogP contribution >= 0.6 is 0 Å². The van der Waals surface area contributed by atoms with E-state index in [1.807, 2.05) is 4.90 Å². The van der Waals surface area contributed by atoms with Gasteiger partial charge < -0.3 is 10.6 Å². The van der Waals surface area contributed by atoms with Crippen molar-refractivity contribution in [2.45, 2.75) is 33.6 Å². The fourth-order valence-electron chi connectivity index (χ4n) is 2.95. The molecular weight excluding hydrogens is 248 g/mol. The molecule has 0 bridgehead atoms. The lowest BCUT2D eigenvalue weighted by Crippen LogP contribution is -2.46. The number of carbonyl (C=O) groups is 1. The minimum atomic E-state index is 0.240. The Balaban J connectivity index is 2.03. The molecule has 3 heteroatoms. The number of hydrogen-bond donors (Lipinski definition) is 1. The smallest absolute Gasteiger partial charge is 0.227 e. The van der Waals surface area contributed by atoms with Gasteiger partial charge in [0.05, 0.1) is 6.42 Å². The van der Waals surface area contributed by atoms with Crippen molar-refractivity contribution in [1.29, 1.82) is 0 Å². The Hall–Kier alpha value is -1.35. The Morgan fingerprint density at radius 2 is 2.15 bits per heavy atom. The molecule has 20 heavy (non-hydrogen) atoms. The molecule has 2 rings (SSSR count). The molecule has 0 saturated carbocycles. The number of carbonyl (C=O) groups excluding carboxylic acids is 1.